The summed E-state index contributed by atoms with van der Waals surface area (Å²) in [6.45, 7) is 2.78. The fraction of sp³-hybridized carbons (Fsp3) is 0.300. The Morgan fingerprint density at radius 3 is 2.94 bits per heavy atom. The number of nitrogens with two attached hydrogens (primary N) is 1. The van der Waals surface area contributed by atoms with Crippen molar-refractivity contribution in [2.45, 2.75) is 18.4 Å². The van der Waals surface area contributed by atoms with Crippen molar-refractivity contribution >= 4 is 26.8 Å². The lowest BCUT2D eigenvalue weighted by molar-refractivity contribution is 0.482. The predicted molar refractivity (Wildman–Crippen MR) is 64.2 cm³/mol. The van der Waals surface area contributed by atoms with Gasteiger partial charge in [-0.05, 0) is 12.5 Å². The van der Waals surface area contributed by atoms with Crippen LogP contribution in [0.3, 0.4) is 0 Å². The van der Waals surface area contributed by atoms with Gasteiger partial charge in [0.15, 0.2) is 0 Å². The first-order valence-corrected chi connectivity index (χ1v) is 6.72. The molecule has 92 valence electrons. The van der Waals surface area contributed by atoms with Crippen LogP contribution in [0.25, 0.3) is 11.0 Å². The van der Waals surface area contributed by atoms with Crippen LogP contribution in [0.1, 0.15) is 13.3 Å². The topological polar surface area (TPSA) is 98.2 Å². The molecule has 2 aromatic rings. The minimum atomic E-state index is -3.82. The summed E-state index contributed by atoms with van der Waals surface area (Å²) in [4.78, 5) is 4.13. The van der Waals surface area contributed by atoms with E-state index in [2.05, 4.69) is 10.3 Å². The first kappa shape index (κ1) is 11.9. The zero-order chi connectivity index (χ0) is 12.5. The first-order chi connectivity index (χ1) is 8.02. The fourth-order valence-corrected chi connectivity index (χ4v) is 1.95. The number of sulfonamides is 1. The minimum Gasteiger partial charge on any atom is -0.443 e. The van der Waals surface area contributed by atoms with E-state index >= 15 is 0 Å². The molecular weight excluding hydrogens is 242 g/mol. The van der Waals surface area contributed by atoms with Gasteiger partial charge >= 0.3 is 0 Å². The molecule has 0 fully saturated rings. The van der Waals surface area contributed by atoms with Crippen LogP contribution in [0.15, 0.2) is 27.8 Å². The Hall–Kier alpha value is -1.60. The predicted octanol–water partition coefficient (Wildman–Crippen LogP) is 1.30. The van der Waals surface area contributed by atoms with E-state index in [1.807, 2.05) is 6.92 Å². The van der Waals surface area contributed by atoms with Crippen LogP contribution in [0.4, 0.5) is 5.82 Å². The van der Waals surface area contributed by atoms with Gasteiger partial charge in [0.05, 0.1) is 5.39 Å². The summed E-state index contributed by atoms with van der Waals surface area (Å²) in [5, 5.41) is 8.47. The van der Waals surface area contributed by atoms with E-state index in [0.29, 0.717) is 16.8 Å². The second-order valence-electron chi connectivity index (χ2n) is 3.61. The molecular formula is C10H13N3O3S. The van der Waals surface area contributed by atoms with Crippen LogP contribution in [-0.4, -0.2) is 19.9 Å². The lowest BCUT2D eigenvalue weighted by Gasteiger charge is -2.03. The number of furan rings is 1. The number of anilines is 1. The van der Waals surface area contributed by atoms with Gasteiger partial charge in [-0.1, -0.05) is 6.92 Å². The van der Waals surface area contributed by atoms with Gasteiger partial charge in [0.25, 0.3) is 10.0 Å². The molecule has 7 heteroatoms. The molecule has 0 aliphatic carbocycles. The summed E-state index contributed by atoms with van der Waals surface area (Å²) in [5.41, 5.74) is 0.447. The Kier molecular flexibility index (Phi) is 3.03. The maximum Gasteiger partial charge on any atom is 0.271 e. The molecule has 0 atom stereocenters. The first-order valence-electron chi connectivity index (χ1n) is 5.17. The minimum absolute atomic E-state index is 0.250. The highest BCUT2D eigenvalue weighted by Crippen LogP contribution is 2.26. The summed E-state index contributed by atoms with van der Waals surface area (Å²) in [7, 11) is -3.82. The summed E-state index contributed by atoms with van der Waals surface area (Å²) < 4.78 is 27.5. The lowest BCUT2D eigenvalue weighted by atomic mass is 10.3. The summed E-state index contributed by atoms with van der Waals surface area (Å²) in [6.07, 6.45) is 2.49. The van der Waals surface area contributed by atoms with Crippen molar-refractivity contribution < 1.29 is 12.8 Å². The van der Waals surface area contributed by atoms with Crippen LogP contribution in [0, 0.1) is 0 Å². The van der Waals surface area contributed by atoms with Crippen LogP contribution in [-0.2, 0) is 10.0 Å². The van der Waals surface area contributed by atoms with Crippen molar-refractivity contribution in [3.63, 3.8) is 0 Å². The summed E-state index contributed by atoms with van der Waals surface area (Å²) in [6, 6.07) is 2.98. The smallest absolute Gasteiger partial charge is 0.271 e. The number of nitrogens with zero attached hydrogens (tertiary/aromatic N) is 1. The normalized spacial score (nSPS) is 11.9. The highest BCUT2D eigenvalue weighted by molar-refractivity contribution is 7.89. The third-order valence-corrected chi connectivity index (χ3v) is 3.01. The number of aromatic nitrogens is 1. The molecule has 3 N–H and O–H groups in total. The van der Waals surface area contributed by atoms with Crippen molar-refractivity contribution in [2.24, 2.45) is 5.14 Å². The van der Waals surface area contributed by atoms with Crippen molar-refractivity contribution in [1.29, 1.82) is 0 Å². The van der Waals surface area contributed by atoms with Gasteiger partial charge in [-0.15, -0.1) is 0 Å². The van der Waals surface area contributed by atoms with Crippen molar-refractivity contribution in [3.8, 4) is 0 Å². The van der Waals surface area contributed by atoms with Crippen molar-refractivity contribution in [1.82, 2.24) is 4.98 Å². The SMILES string of the molecule is CCCNc1nccc2oc(S(N)(=O)=O)cc12. The molecule has 0 unspecified atom stereocenters. The highest BCUT2D eigenvalue weighted by Gasteiger charge is 2.16. The number of nitrogens with one attached hydrogen (secondary N) is 1. The average molecular weight is 255 g/mol. The number of rotatable bonds is 4. The number of hydrogen-bond acceptors (Lipinski definition) is 5. The maximum absolute atomic E-state index is 11.2. The molecule has 0 aliphatic heterocycles. The van der Waals surface area contributed by atoms with E-state index in [-0.39, 0.29) is 5.09 Å². The number of fused-ring (bicyclic) bond motifs is 1. The molecule has 0 saturated carbocycles. The van der Waals surface area contributed by atoms with E-state index < -0.39 is 10.0 Å². The van der Waals surface area contributed by atoms with E-state index in [9.17, 15) is 8.42 Å². The Balaban J connectivity index is 2.53. The lowest BCUT2D eigenvalue weighted by Crippen LogP contribution is -2.10. The molecule has 0 bridgehead atoms. The number of hydrogen-bond donors (Lipinski definition) is 2. The zero-order valence-corrected chi connectivity index (χ0v) is 10.1. The maximum atomic E-state index is 11.2. The molecule has 0 radical (unpaired) electrons. The van der Waals surface area contributed by atoms with Gasteiger partial charge in [0.2, 0.25) is 5.09 Å². The number of primary sulfonamides is 1. The van der Waals surface area contributed by atoms with Gasteiger partial charge in [-0.3, -0.25) is 0 Å². The largest absolute Gasteiger partial charge is 0.443 e. The fourth-order valence-electron chi connectivity index (χ4n) is 1.46. The van der Waals surface area contributed by atoms with E-state index in [1.54, 1.807) is 12.3 Å². The van der Waals surface area contributed by atoms with Crippen LogP contribution in [0.5, 0.6) is 0 Å². The van der Waals surface area contributed by atoms with E-state index in [1.165, 1.54) is 6.07 Å². The van der Waals surface area contributed by atoms with Crippen LogP contribution >= 0.6 is 0 Å². The third-order valence-electron chi connectivity index (χ3n) is 2.25. The summed E-state index contributed by atoms with van der Waals surface area (Å²) in [5.74, 6) is 0.600. The molecule has 6 nitrogen and oxygen atoms in total. The van der Waals surface area contributed by atoms with Crippen LogP contribution in [0.2, 0.25) is 0 Å². The number of pyridine rings is 1. The second kappa shape index (κ2) is 4.34. The Morgan fingerprint density at radius 1 is 1.53 bits per heavy atom. The monoisotopic (exact) mass is 255 g/mol. The molecule has 0 spiro atoms. The van der Waals surface area contributed by atoms with Gasteiger partial charge in [0.1, 0.15) is 11.4 Å². The van der Waals surface area contributed by atoms with Crippen LogP contribution < -0.4 is 10.5 Å². The molecule has 2 rings (SSSR count). The van der Waals surface area contributed by atoms with Gasteiger partial charge in [-0.2, -0.15) is 0 Å². The standard InChI is InChI=1S/C10H13N3O3S/c1-2-4-12-10-7-6-9(17(11,14)15)16-8(7)3-5-13-10/h3,5-6H,2,4H2,1H3,(H,12,13)(H2,11,14,15). The Bertz CT molecular complexity index is 633. The molecule has 0 amide bonds. The van der Waals surface area contributed by atoms with Crippen molar-refractivity contribution in [2.75, 3.05) is 11.9 Å². The summed E-state index contributed by atoms with van der Waals surface area (Å²) >= 11 is 0. The zero-order valence-electron chi connectivity index (χ0n) is 9.30. The van der Waals surface area contributed by atoms with Crippen molar-refractivity contribution in [3.05, 3.63) is 18.3 Å². The third kappa shape index (κ3) is 2.40. The molecule has 0 saturated heterocycles. The Morgan fingerprint density at radius 2 is 2.29 bits per heavy atom. The molecule has 17 heavy (non-hydrogen) atoms. The second-order valence-corrected chi connectivity index (χ2v) is 5.10. The van der Waals surface area contributed by atoms with E-state index in [4.69, 9.17) is 9.56 Å². The molecule has 0 aromatic carbocycles. The van der Waals surface area contributed by atoms with Gasteiger partial charge in [-0.25, -0.2) is 18.5 Å². The van der Waals surface area contributed by atoms with Gasteiger partial charge < -0.3 is 9.73 Å². The van der Waals surface area contributed by atoms with Gasteiger partial charge in [0, 0.05) is 18.8 Å². The molecule has 0 aliphatic rings. The molecule has 2 heterocycles. The quantitative estimate of drug-likeness (QED) is 0.858. The molecule has 2 aromatic heterocycles. The van der Waals surface area contributed by atoms with E-state index in [0.717, 1.165) is 13.0 Å². The average Bonchev–Trinajstić information content (AvgIpc) is 2.70. The highest BCUT2D eigenvalue weighted by atomic mass is 32.2. The Labute approximate surface area is 98.9 Å².